The molecular formula is C13H16Cl2N2O3. The van der Waals surface area contributed by atoms with Crippen molar-refractivity contribution in [1.82, 2.24) is 5.32 Å². The van der Waals surface area contributed by atoms with Crippen LogP contribution in [0.15, 0.2) is 18.2 Å². The standard InChI is InChI=1S/C13H16Cl2N2O3/c1-7(2)9(12(18)19)6-16-13(20)17-11-4-3-8(14)5-10(11)15/h3-5,7,9H,6H2,1-2H3,(H,18,19)(H2,16,17,20). The molecule has 7 heteroatoms. The van der Waals surface area contributed by atoms with E-state index in [-0.39, 0.29) is 12.5 Å². The molecule has 0 heterocycles. The van der Waals surface area contributed by atoms with E-state index in [2.05, 4.69) is 10.6 Å². The zero-order chi connectivity index (χ0) is 15.3. The van der Waals surface area contributed by atoms with E-state index in [0.29, 0.717) is 15.7 Å². The number of hydrogen-bond donors (Lipinski definition) is 3. The summed E-state index contributed by atoms with van der Waals surface area (Å²) in [5.74, 6) is -1.65. The molecule has 1 aromatic rings. The molecule has 3 N–H and O–H groups in total. The van der Waals surface area contributed by atoms with Crippen LogP contribution in [0.1, 0.15) is 13.8 Å². The molecule has 0 fully saturated rings. The van der Waals surface area contributed by atoms with Gasteiger partial charge < -0.3 is 15.7 Å². The zero-order valence-corrected chi connectivity index (χ0v) is 12.6. The van der Waals surface area contributed by atoms with Crippen LogP contribution in [0.5, 0.6) is 0 Å². The second-order valence-electron chi connectivity index (χ2n) is 4.65. The molecule has 1 aromatic carbocycles. The van der Waals surface area contributed by atoms with Gasteiger partial charge in [0.1, 0.15) is 0 Å². The first-order chi connectivity index (χ1) is 9.31. The fraction of sp³-hybridized carbons (Fsp3) is 0.385. The molecule has 1 atom stereocenters. The number of urea groups is 1. The van der Waals surface area contributed by atoms with E-state index in [4.69, 9.17) is 28.3 Å². The van der Waals surface area contributed by atoms with Gasteiger partial charge in [0.05, 0.1) is 16.6 Å². The first kappa shape index (κ1) is 16.6. The fourth-order valence-electron chi connectivity index (χ4n) is 1.57. The van der Waals surface area contributed by atoms with E-state index in [1.54, 1.807) is 26.0 Å². The van der Waals surface area contributed by atoms with E-state index in [1.807, 2.05) is 0 Å². The average molecular weight is 319 g/mol. The smallest absolute Gasteiger partial charge is 0.319 e. The van der Waals surface area contributed by atoms with Crippen LogP contribution in [-0.2, 0) is 4.79 Å². The maximum Gasteiger partial charge on any atom is 0.319 e. The summed E-state index contributed by atoms with van der Waals surface area (Å²) in [5.41, 5.74) is 0.407. The summed E-state index contributed by atoms with van der Waals surface area (Å²) in [6, 6.07) is 4.16. The van der Waals surface area contributed by atoms with E-state index in [0.717, 1.165) is 0 Å². The Bertz CT molecular complexity index is 506. The van der Waals surface area contributed by atoms with Crippen molar-refractivity contribution in [2.75, 3.05) is 11.9 Å². The van der Waals surface area contributed by atoms with Gasteiger partial charge in [0.15, 0.2) is 0 Å². The molecule has 110 valence electrons. The molecule has 1 unspecified atom stereocenters. The molecule has 5 nitrogen and oxygen atoms in total. The molecule has 0 radical (unpaired) electrons. The molecule has 0 spiro atoms. The highest BCUT2D eigenvalue weighted by Crippen LogP contribution is 2.25. The Balaban J connectivity index is 2.57. The van der Waals surface area contributed by atoms with Crippen LogP contribution in [0.4, 0.5) is 10.5 Å². The third kappa shape index (κ3) is 4.90. The van der Waals surface area contributed by atoms with Crippen molar-refractivity contribution in [3.8, 4) is 0 Å². The summed E-state index contributed by atoms with van der Waals surface area (Å²) < 4.78 is 0. The lowest BCUT2D eigenvalue weighted by Crippen LogP contribution is -2.37. The number of aliphatic carboxylic acids is 1. The Hall–Kier alpha value is -1.46. The van der Waals surface area contributed by atoms with Gasteiger partial charge in [0, 0.05) is 11.6 Å². The number of halogens is 2. The monoisotopic (exact) mass is 318 g/mol. The number of carbonyl (C=O) groups is 2. The topological polar surface area (TPSA) is 78.4 Å². The molecule has 1 rings (SSSR count). The zero-order valence-electron chi connectivity index (χ0n) is 11.1. The second kappa shape index (κ2) is 7.36. The summed E-state index contributed by atoms with van der Waals surface area (Å²) in [6.45, 7) is 3.62. The number of benzene rings is 1. The lowest BCUT2D eigenvalue weighted by molar-refractivity contribution is -0.142. The van der Waals surface area contributed by atoms with E-state index in [1.165, 1.54) is 6.07 Å². The van der Waals surface area contributed by atoms with Crippen molar-refractivity contribution >= 4 is 40.9 Å². The number of hydrogen-bond acceptors (Lipinski definition) is 2. The number of carbonyl (C=O) groups excluding carboxylic acids is 1. The lowest BCUT2D eigenvalue weighted by atomic mass is 9.96. The largest absolute Gasteiger partial charge is 0.481 e. The number of anilines is 1. The maximum absolute atomic E-state index is 11.7. The van der Waals surface area contributed by atoms with Crippen LogP contribution < -0.4 is 10.6 Å². The molecule has 0 saturated carbocycles. The predicted molar refractivity (Wildman–Crippen MR) is 79.4 cm³/mol. The minimum atomic E-state index is -0.940. The molecule has 0 aromatic heterocycles. The number of amides is 2. The number of rotatable bonds is 5. The normalized spacial score (nSPS) is 12.1. The Kier molecular flexibility index (Phi) is 6.10. The molecular weight excluding hydrogens is 303 g/mol. The van der Waals surface area contributed by atoms with Crippen molar-refractivity contribution in [3.63, 3.8) is 0 Å². The molecule has 0 aliphatic carbocycles. The molecule has 0 bridgehead atoms. The first-order valence-electron chi connectivity index (χ1n) is 6.04. The van der Waals surface area contributed by atoms with Gasteiger partial charge in [-0.05, 0) is 24.1 Å². The van der Waals surface area contributed by atoms with Crippen LogP contribution in [0, 0.1) is 11.8 Å². The molecule has 0 aliphatic rings. The third-order valence-corrected chi connectivity index (χ3v) is 3.33. The summed E-state index contributed by atoms with van der Waals surface area (Å²) >= 11 is 11.7. The van der Waals surface area contributed by atoms with Crippen LogP contribution >= 0.6 is 23.2 Å². The first-order valence-corrected chi connectivity index (χ1v) is 6.79. The lowest BCUT2D eigenvalue weighted by Gasteiger charge is -2.17. The highest BCUT2D eigenvalue weighted by atomic mass is 35.5. The van der Waals surface area contributed by atoms with E-state index in [9.17, 15) is 9.59 Å². The van der Waals surface area contributed by atoms with Gasteiger partial charge in [-0.25, -0.2) is 4.79 Å². The quantitative estimate of drug-likeness (QED) is 0.777. The van der Waals surface area contributed by atoms with Gasteiger partial charge in [-0.2, -0.15) is 0 Å². The van der Waals surface area contributed by atoms with Crippen molar-refractivity contribution in [2.24, 2.45) is 11.8 Å². The van der Waals surface area contributed by atoms with Crippen LogP contribution in [0.25, 0.3) is 0 Å². The van der Waals surface area contributed by atoms with Crippen molar-refractivity contribution in [2.45, 2.75) is 13.8 Å². The molecule has 20 heavy (non-hydrogen) atoms. The minimum Gasteiger partial charge on any atom is -0.481 e. The van der Waals surface area contributed by atoms with Gasteiger partial charge in [-0.1, -0.05) is 37.0 Å². The summed E-state index contributed by atoms with van der Waals surface area (Å²) in [7, 11) is 0. The number of nitrogens with one attached hydrogen (secondary N) is 2. The Morgan fingerprint density at radius 3 is 2.45 bits per heavy atom. The van der Waals surface area contributed by atoms with Crippen molar-refractivity contribution < 1.29 is 14.7 Å². The second-order valence-corrected chi connectivity index (χ2v) is 5.49. The van der Waals surface area contributed by atoms with Gasteiger partial charge in [-0.3, -0.25) is 4.79 Å². The van der Waals surface area contributed by atoms with Crippen molar-refractivity contribution in [1.29, 1.82) is 0 Å². The van der Waals surface area contributed by atoms with Gasteiger partial charge in [0.2, 0.25) is 0 Å². The average Bonchev–Trinajstić information content (AvgIpc) is 2.32. The Labute approximate surface area is 127 Å². The van der Waals surface area contributed by atoms with Gasteiger partial charge in [0.25, 0.3) is 0 Å². The fourth-order valence-corrected chi connectivity index (χ4v) is 2.02. The predicted octanol–water partition coefficient (Wildman–Crippen LogP) is 3.47. The van der Waals surface area contributed by atoms with Crippen molar-refractivity contribution in [3.05, 3.63) is 28.2 Å². The van der Waals surface area contributed by atoms with Gasteiger partial charge in [-0.15, -0.1) is 0 Å². The van der Waals surface area contributed by atoms with E-state index < -0.39 is 17.9 Å². The van der Waals surface area contributed by atoms with Crippen LogP contribution in [0.3, 0.4) is 0 Å². The Morgan fingerprint density at radius 1 is 1.30 bits per heavy atom. The molecule has 2 amide bonds. The third-order valence-electron chi connectivity index (χ3n) is 2.78. The summed E-state index contributed by atoms with van der Waals surface area (Å²) in [6.07, 6.45) is 0. The summed E-state index contributed by atoms with van der Waals surface area (Å²) in [4.78, 5) is 22.7. The summed E-state index contributed by atoms with van der Waals surface area (Å²) in [5, 5.41) is 14.8. The highest BCUT2D eigenvalue weighted by molar-refractivity contribution is 6.36. The number of carboxylic acid groups (broad SMARTS) is 1. The maximum atomic E-state index is 11.7. The number of carboxylic acids is 1. The molecule has 0 aliphatic heterocycles. The Morgan fingerprint density at radius 2 is 1.95 bits per heavy atom. The molecule has 0 saturated heterocycles. The van der Waals surface area contributed by atoms with Crippen LogP contribution in [-0.4, -0.2) is 23.7 Å². The highest BCUT2D eigenvalue weighted by Gasteiger charge is 2.22. The minimum absolute atomic E-state index is 0.0457. The van der Waals surface area contributed by atoms with Crippen LogP contribution in [0.2, 0.25) is 10.0 Å². The van der Waals surface area contributed by atoms with Gasteiger partial charge >= 0.3 is 12.0 Å². The van der Waals surface area contributed by atoms with E-state index >= 15 is 0 Å². The SMILES string of the molecule is CC(C)C(CNC(=O)Nc1ccc(Cl)cc1Cl)C(=O)O.